The van der Waals surface area contributed by atoms with Gasteiger partial charge in [-0.15, -0.1) is 0 Å². The van der Waals surface area contributed by atoms with Gasteiger partial charge in [0.15, 0.2) is 0 Å². The predicted octanol–water partition coefficient (Wildman–Crippen LogP) is 8.61. The molecular weight excluding hydrogens is 372 g/mol. The molecule has 6 aromatic carbocycles. The van der Waals surface area contributed by atoms with Crippen molar-refractivity contribution < 1.29 is 0 Å². The van der Waals surface area contributed by atoms with E-state index in [4.69, 9.17) is 0 Å². The van der Waals surface area contributed by atoms with Gasteiger partial charge in [-0.25, -0.2) is 0 Å². The fourth-order valence-corrected chi connectivity index (χ4v) is 5.93. The molecule has 0 radical (unpaired) electrons. The Morgan fingerprint density at radius 3 is 2.00 bits per heavy atom. The van der Waals surface area contributed by atoms with Crippen molar-refractivity contribution in [3.05, 3.63) is 108 Å². The second-order valence-electron chi connectivity index (χ2n) is 9.41. The minimum atomic E-state index is -0.0894. The van der Waals surface area contributed by atoms with Crippen LogP contribution in [0.25, 0.3) is 54.2 Å². The maximum absolute atomic E-state index is 2.43. The van der Waals surface area contributed by atoms with Crippen LogP contribution in [0.5, 0.6) is 0 Å². The molecule has 0 saturated carbocycles. The first-order chi connectivity index (χ1) is 15.1. The lowest BCUT2D eigenvalue weighted by molar-refractivity contribution is 0.652. The van der Waals surface area contributed by atoms with E-state index in [1.807, 2.05) is 0 Å². The van der Waals surface area contributed by atoms with Gasteiger partial charge in [0.25, 0.3) is 0 Å². The molecule has 0 N–H and O–H groups in total. The summed E-state index contributed by atoms with van der Waals surface area (Å²) in [5.41, 5.74) is 5.54. The molecule has 31 heavy (non-hydrogen) atoms. The number of benzene rings is 6. The second-order valence-corrected chi connectivity index (χ2v) is 9.41. The standard InChI is InChI=1S/C31H22/c1-31(2)28-18-21-10-5-6-11-23(21)24-12-7-13-25(29(24)28)26-15-14-22-16-19-8-3-4-9-20(19)17-27(22)30(26)31/h3-18H,1-2H3. The highest BCUT2D eigenvalue weighted by Crippen LogP contribution is 2.52. The normalized spacial score (nSPS) is 14.4. The van der Waals surface area contributed by atoms with Gasteiger partial charge >= 0.3 is 0 Å². The van der Waals surface area contributed by atoms with Crippen molar-refractivity contribution in [2.24, 2.45) is 0 Å². The average molecular weight is 395 g/mol. The summed E-state index contributed by atoms with van der Waals surface area (Å²) in [7, 11) is 0. The zero-order valence-corrected chi connectivity index (χ0v) is 17.7. The summed E-state index contributed by atoms with van der Waals surface area (Å²) in [4.78, 5) is 0. The molecule has 0 saturated heterocycles. The summed E-state index contributed by atoms with van der Waals surface area (Å²) in [6.07, 6.45) is 0. The van der Waals surface area contributed by atoms with Gasteiger partial charge in [0, 0.05) is 5.41 Å². The lowest BCUT2D eigenvalue weighted by Gasteiger charge is -2.36. The first-order valence-electron chi connectivity index (χ1n) is 11.0. The Hall–Kier alpha value is -3.64. The van der Waals surface area contributed by atoms with Crippen molar-refractivity contribution in [3.8, 4) is 11.1 Å². The Morgan fingerprint density at radius 1 is 0.484 bits per heavy atom. The maximum atomic E-state index is 2.43. The quantitative estimate of drug-likeness (QED) is 0.179. The van der Waals surface area contributed by atoms with Crippen molar-refractivity contribution in [1.82, 2.24) is 0 Å². The molecule has 1 aliphatic rings. The molecule has 0 heteroatoms. The zero-order valence-electron chi connectivity index (χ0n) is 17.7. The minimum absolute atomic E-state index is 0.0894. The van der Waals surface area contributed by atoms with Gasteiger partial charge < -0.3 is 0 Å². The van der Waals surface area contributed by atoms with Gasteiger partial charge in [-0.2, -0.15) is 0 Å². The molecule has 0 fully saturated rings. The van der Waals surface area contributed by atoms with Crippen LogP contribution in [0.2, 0.25) is 0 Å². The molecule has 146 valence electrons. The molecule has 0 unspecified atom stereocenters. The van der Waals surface area contributed by atoms with Crippen molar-refractivity contribution in [3.63, 3.8) is 0 Å². The number of rotatable bonds is 0. The van der Waals surface area contributed by atoms with E-state index >= 15 is 0 Å². The summed E-state index contributed by atoms with van der Waals surface area (Å²) in [5, 5.41) is 10.7. The summed E-state index contributed by atoms with van der Waals surface area (Å²) in [6, 6.07) is 36.2. The first-order valence-corrected chi connectivity index (χ1v) is 11.0. The SMILES string of the molecule is CC1(C)c2c(ccc3cc4ccccc4cc23)-c2cccc3c2c1cc1ccccc13. The van der Waals surface area contributed by atoms with E-state index in [1.165, 1.54) is 65.3 Å². The lowest BCUT2D eigenvalue weighted by Crippen LogP contribution is -2.24. The number of fused-ring (bicyclic) bond motifs is 7. The molecule has 0 heterocycles. The molecule has 6 aromatic rings. The van der Waals surface area contributed by atoms with Crippen LogP contribution in [-0.4, -0.2) is 0 Å². The molecule has 0 aromatic heterocycles. The van der Waals surface area contributed by atoms with E-state index in [9.17, 15) is 0 Å². The summed E-state index contributed by atoms with van der Waals surface area (Å²) < 4.78 is 0. The summed E-state index contributed by atoms with van der Waals surface area (Å²) in [6.45, 7) is 4.81. The third-order valence-corrected chi connectivity index (χ3v) is 7.36. The van der Waals surface area contributed by atoms with Crippen LogP contribution in [0.1, 0.15) is 25.0 Å². The van der Waals surface area contributed by atoms with Gasteiger partial charge in [0.05, 0.1) is 0 Å². The maximum Gasteiger partial charge on any atom is 0.0165 e. The summed E-state index contributed by atoms with van der Waals surface area (Å²) in [5.74, 6) is 0. The Labute approximate surface area is 181 Å². The van der Waals surface area contributed by atoms with Gasteiger partial charge in [0.1, 0.15) is 0 Å². The van der Waals surface area contributed by atoms with Crippen molar-refractivity contribution in [2.75, 3.05) is 0 Å². The predicted molar refractivity (Wildman–Crippen MR) is 134 cm³/mol. The van der Waals surface area contributed by atoms with Crippen LogP contribution in [0.4, 0.5) is 0 Å². The molecule has 0 amide bonds. The van der Waals surface area contributed by atoms with Gasteiger partial charge in [0.2, 0.25) is 0 Å². The topological polar surface area (TPSA) is 0 Å². The van der Waals surface area contributed by atoms with Gasteiger partial charge in [-0.1, -0.05) is 92.7 Å². The number of hydrogen-bond donors (Lipinski definition) is 0. The molecule has 7 rings (SSSR count). The largest absolute Gasteiger partial charge is 0.0616 e. The molecule has 0 nitrogen and oxygen atoms in total. The fourth-order valence-electron chi connectivity index (χ4n) is 5.93. The monoisotopic (exact) mass is 394 g/mol. The molecule has 0 aliphatic heterocycles. The van der Waals surface area contributed by atoms with Gasteiger partial charge in [-0.05, 0) is 83.5 Å². The average Bonchev–Trinajstić information content (AvgIpc) is 2.80. The van der Waals surface area contributed by atoms with E-state index in [0.29, 0.717) is 0 Å². The zero-order chi connectivity index (χ0) is 20.7. The Balaban J connectivity index is 1.71. The molecular formula is C31H22. The van der Waals surface area contributed by atoms with Crippen molar-refractivity contribution in [2.45, 2.75) is 19.3 Å². The highest BCUT2D eigenvalue weighted by Gasteiger charge is 2.35. The third-order valence-electron chi connectivity index (χ3n) is 7.36. The van der Waals surface area contributed by atoms with Crippen LogP contribution in [-0.2, 0) is 5.41 Å². The second kappa shape index (κ2) is 5.74. The van der Waals surface area contributed by atoms with Crippen LogP contribution in [0.3, 0.4) is 0 Å². The van der Waals surface area contributed by atoms with E-state index in [-0.39, 0.29) is 5.41 Å². The van der Waals surface area contributed by atoms with E-state index in [0.717, 1.165) is 0 Å². The molecule has 1 aliphatic carbocycles. The van der Waals surface area contributed by atoms with Crippen LogP contribution in [0.15, 0.2) is 97.1 Å². The molecule has 0 spiro atoms. The highest BCUT2D eigenvalue weighted by atomic mass is 14.4. The van der Waals surface area contributed by atoms with E-state index in [2.05, 4.69) is 111 Å². The highest BCUT2D eigenvalue weighted by molar-refractivity contribution is 6.17. The van der Waals surface area contributed by atoms with Crippen molar-refractivity contribution >= 4 is 43.1 Å². The summed E-state index contributed by atoms with van der Waals surface area (Å²) >= 11 is 0. The van der Waals surface area contributed by atoms with E-state index < -0.39 is 0 Å². The third kappa shape index (κ3) is 2.15. The first kappa shape index (κ1) is 17.1. The number of hydrogen-bond acceptors (Lipinski definition) is 0. The van der Waals surface area contributed by atoms with Crippen LogP contribution < -0.4 is 0 Å². The fraction of sp³-hybridized carbons (Fsp3) is 0.0968. The van der Waals surface area contributed by atoms with Gasteiger partial charge in [-0.3, -0.25) is 0 Å². The van der Waals surface area contributed by atoms with E-state index in [1.54, 1.807) is 0 Å². The molecule has 0 bridgehead atoms. The smallest absolute Gasteiger partial charge is 0.0165 e. The molecule has 0 atom stereocenters. The van der Waals surface area contributed by atoms with Crippen molar-refractivity contribution in [1.29, 1.82) is 0 Å². The minimum Gasteiger partial charge on any atom is -0.0616 e. The Morgan fingerprint density at radius 2 is 1.16 bits per heavy atom. The Bertz CT molecular complexity index is 1700. The van der Waals surface area contributed by atoms with Crippen LogP contribution >= 0.6 is 0 Å². The Kier molecular flexibility index (Phi) is 3.16. The lowest BCUT2D eigenvalue weighted by atomic mass is 9.66. The van der Waals surface area contributed by atoms with Crippen LogP contribution in [0, 0.1) is 0 Å².